The zero-order valence-corrected chi connectivity index (χ0v) is 11.1. The quantitative estimate of drug-likeness (QED) is 0.787. The van der Waals surface area contributed by atoms with Crippen LogP contribution in [-0.2, 0) is 6.54 Å². The summed E-state index contributed by atoms with van der Waals surface area (Å²) in [6.07, 6.45) is 3.40. The molecular weight excluding hydrogens is 260 g/mol. The van der Waals surface area contributed by atoms with E-state index in [1.807, 2.05) is 30.6 Å². The molecule has 3 aromatic rings. The Hall–Kier alpha value is -2.28. The van der Waals surface area contributed by atoms with Crippen LogP contribution in [-0.4, -0.2) is 25.2 Å². The zero-order chi connectivity index (χ0) is 13.1. The Morgan fingerprint density at radius 2 is 2.32 bits per heavy atom. The second-order valence-corrected chi connectivity index (χ2v) is 5.01. The van der Waals surface area contributed by atoms with Gasteiger partial charge in [0, 0.05) is 17.3 Å². The number of anilines is 1. The van der Waals surface area contributed by atoms with Crippen LogP contribution >= 0.6 is 11.3 Å². The number of hydrogen-bond donors (Lipinski definition) is 1. The maximum atomic E-state index is 4.24. The Bertz CT molecular complexity index is 647. The van der Waals surface area contributed by atoms with Crippen molar-refractivity contribution in [2.24, 2.45) is 0 Å². The van der Waals surface area contributed by atoms with Gasteiger partial charge in [0.2, 0.25) is 0 Å². The normalized spacial score (nSPS) is 10.6. The SMILES string of the molecule is Cc1cc(NCc2nccs2)ccc1-n1cnnn1. The second kappa shape index (κ2) is 5.15. The lowest BCUT2D eigenvalue weighted by Gasteiger charge is -2.09. The fourth-order valence-electron chi connectivity index (χ4n) is 1.81. The molecule has 0 radical (unpaired) electrons. The molecule has 0 saturated carbocycles. The standard InChI is InChI=1S/C12H12N6S/c1-9-6-10(14-7-12-13-4-5-19-12)2-3-11(9)18-8-15-16-17-18/h2-6,8,14H,7H2,1H3. The number of hydrogen-bond acceptors (Lipinski definition) is 6. The first-order valence-electron chi connectivity index (χ1n) is 5.79. The van der Waals surface area contributed by atoms with Gasteiger partial charge in [-0.2, -0.15) is 0 Å². The molecule has 19 heavy (non-hydrogen) atoms. The smallest absolute Gasteiger partial charge is 0.143 e. The third-order valence-corrected chi connectivity index (χ3v) is 3.50. The molecule has 0 aliphatic carbocycles. The van der Waals surface area contributed by atoms with Gasteiger partial charge in [0.15, 0.2) is 0 Å². The van der Waals surface area contributed by atoms with Crippen molar-refractivity contribution in [1.29, 1.82) is 0 Å². The molecule has 0 bridgehead atoms. The number of nitrogens with one attached hydrogen (secondary N) is 1. The van der Waals surface area contributed by atoms with E-state index in [4.69, 9.17) is 0 Å². The predicted octanol–water partition coefficient (Wildman–Crippen LogP) is 2.04. The highest BCUT2D eigenvalue weighted by Gasteiger charge is 2.04. The Labute approximate surface area is 114 Å². The molecule has 0 amide bonds. The fraction of sp³-hybridized carbons (Fsp3) is 0.167. The van der Waals surface area contributed by atoms with Crippen molar-refractivity contribution in [3.05, 3.63) is 46.7 Å². The molecule has 0 saturated heterocycles. The van der Waals surface area contributed by atoms with Gasteiger partial charge in [-0.3, -0.25) is 0 Å². The lowest BCUT2D eigenvalue weighted by molar-refractivity contribution is 0.785. The van der Waals surface area contributed by atoms with Crippen LogP contribution in [0.3, 0.4) is 0 Å². The maximum absolute atomic E-state index is 4.24. The lowest BCUT2D eigenvalue weighted by Crippen LogP contribution is -2.02. The van der Waals surface area contributed by atoms with Crippen molar-refractivity contribution < 1.29 is 0 Å². The number of nitrogens with zero attached hydrogens (tertiary/aromatic N) is 5. The largest absolute Gasteiger partial charge is 0.379 e. The summed E-state index contributed by atoms with van der Waals surface area (Å²) in [5.41, 5.74) is 3.14. The summed E-state index contributed by atoms with van der Waals surface area (Å²) in [5, 5.41) is 17.6. The molecule has 0 spiro atoms. The number of thiazole rings is 1. The summed E-state index contributed by atoms with van der Waals surface area (Å²) in [5.74, 6) is 0. The van der Waals surface area contributed by atoms with Gasteiger partial charge < -0.3 is 5.32 Å². The molecule has 3 rings (SSSR count). The average molecular weight is 272 g/mol. The molecule has 1 N–H and O–H groups in total. The lowest BCUT2D eigenvalue weighted by atomic mass is 10.2. The van der Waals surface area contributed by atoms with Crippen molar-refractivity contribution in [3.8, 4) is 5.69 Å². The van der Waals surface area contributed by atoms with Crippen molar-refractivity contribution in [2.75, 3.05) is 5.32 Å². The highest BCUT2D eigenvalue weighted by atomic mass is 32.1. The first kappa shape index (κ1) is 11.8. The van der Waals surface area contributed by atoms with Crippen LogP contribution < -0.4 is 5.32 Å². The number of aromatic nitrogens is 5. The predicted molar refractivity (Wildman–Crippen MR) is 73.3 cm³/mol. The third kappa shape index (κ3) is 2.60. The van der Waals surface area contributed by atoms with Gasteiger partial charge in [-0.1, -0.05) is 0 Å². The molecule has 96 valence electrons. The Morgan fingerprint density at radius 3 is 3.00 bits per heavy atom. The van der Waals surface area contributed by atoms with Crippen molar-refractivity contribution in [1.82, 2.24) is 25.2 Å². The van der Waals surface area contributed by atoms with E-state index < -0.39 is 0 Å². The van der Waals surface area contributed by atoms with E-state index in [0.717, 1.165) is 28.5 Å². The van der Waals surface area contributed by atoms with Crippen LogP contribution in [0.2, 0.25) is 0 Å². The Kier molecular flexibility index (Phi) is 3.20. The van der Waals surface area contributed by atoms with Crippen molar-refractivity contribution >= 4 is 17.0 Å². The summed E-state index contributed by atoms with van der Waals surface area (Å²) >= 11 is 1.64. The molecule has 0 unspecified atom stereocenters. The van der Waals surface area contributed by atoms with Crippen LogP contribution in [0, 0.1) is 6.92 Å². The van der Waals surface area contributed by atoms with E-state index in [9.17, 15) is 0 Å². The average Bonchev–Trinajstić information content (AvgIpc) is 3.10. The van der Waals surface area contributed by atoms with Gasteiger partial charge in [0.25, 0.3) is 0 Å². The van der Waals surface area contributed by atoms with Crippen LogP contribution in [0.5, 0.6) is 0 Å². The number of aryl methyl sites for hydroxylation is 1. The Balaban J connectivity index is 1.76. The van der Waals surface area contributed by atoms with Gasteiger partial charge >= 0.3 is 0 Å². The summed E-state index contributed by atoms with van der Waals surface area (Å²) in [7, 11) is 0. The molecule has 1 aromatic carbocycles. The third-order valence-electron chi connectivity index (χ3n) is 2.72. The van der Waals surface area contributed by atoms with E-state index in [1.54, 1.807) is 22.3 Å². The summed E-state index contributed by atoms with van der Waals surface area (Å²) in [6.45, 7) is 2.77. The minimum Gasteiger partial charge on any atom is -0.379 e. The van der Waals surface area contributed by atoms with Gasteiger partial charge in [-0.25, -0.2) is 9.67 Å². The van der Waals surface area contributed by atoms with E-state index >= 15 is 0 Å². The maximum Gasteiger partial charge on any atom is 0.143 e. The Morgan fingerprint density at radius 1 is 1.37 bits per heavy atom. The van der Waals surface area contributed by atoms with E-state index in [-0.39, 0.29) is 0 Å². The number of benzene rings is 1. The molecular formula is C12H12N6S. The summed E-state index contributed by atoms with van der Waals surface area (Å²) in [6, 6.07) is 6.08. The molecule has 7 heteroatoms. The number of rotatable bonds is 4. The summed E-state index contributed by atoms with van der Waals surface area (Å²) in [4.78, 5) is 4.24. The highest BCUT2D eigenvalue weighted by Crippen LogP contribution is 2.18. The molecule has 0 fully saturated rings. The highest BCUT2D eigenvalue weighted by molar-refractivity contribution is 7.09. The van der Waals surface area contributed by atoms with Crippen LogP contribution in [0.25, 0.3) is 5.69 Å². The number of tetrazole rings is 1. The monoisotopic (exact) mass is 272 g/mol. The van der Waals surface area contributed by atoms with Crippen LogP contribution in [0.4, 0.5) is 5.69 Å². The van der Waals surface area contributed by atoms with Crippen LogP contribution in [0.1, 0.15) is 10.6 Å². The molecule has 0 aliphatic rings. The molecule has 0 atom stereocenters. The first-order chi connectivity index (χ1) is 9.33. The topological polar surface area (TPSA) is 68.5 Å². The van der Waals surface area contributed by atoms with Gasteiger partial charge in [0.1, 0.15) is 11.3 Å². The minimum absolute atomic E-state index is 0.737. The van der Waals surface area contributed by atoms with Crippen molar-refractivity contribution in [3.63, 3.8) is 0 Å². The van der Waals surface area contributed by atoms with E-state index in [2.05, 4.69) is 31.9 Å². The van der Waals surface area contributed by atoms with Gasteiger partial charge in [-0.05, 0) is 41.1 Å². The van der Waals surface area contributed by atoms with Crippen LogP contribution in [0.15, 0.2) is 36.1 Å². The fourth-order valence-corrected chi connectivity index (χ4v) is 2.37. The molecule has 2 heterocycles. The summed E-state index contributed by atoms with van der Waals surface area (Å²) < 4.78 is 1.65. The van der Waals surface area contributed by atoms with Gasteiger partial charge in [0.05, 0.1) is 12.2 Å². The van der Waals surface area contributed by atoms with E-state index in [0.29, 0.717) is 0 Å². The molecule has 6 nitrogen and oxygen atoms in total. The van der Waals surface area contributed by atoms with Gasteiger partial charge in [-0.15, -0.1) is 16.4 Å². The minimum atomic E-state index is 0.737. The second-order valence-electron chi connectivity index (χ2n) is 4.04. The van der Waals surface area contributed by atoms with E-state index in [1.165, 1.54) is 0 Å². The first-order valence-corrected chi connectivity index (χ1v) is 6.67. The zero-order valence-electron chi connectivity index (χ0n) is 10.3. The molecule has 2 aromatic heterocycles. The molecule has 0 aliphatic heterocycles. The van der Waals surface area contributed by atoms with Crippen molar-refractivity contribution in [2.45, 2.75) is 13.5 Å².